The van der Waals surface area contributed by atoms with Crippen molar-refractivity contribution in [1.29, 1.82) is 0 Å². The molecule has 0 unspecified atom stereocenters. The number of pyridine rings is 1. The molecular weight excluding hydrogens is 517 g/mol. The number of benzene rings is 1. The van der Waals surface area contributed by atoms with Crippen LogP contribution in [0.4, 0.5) is 13.2 Å². The Kier molecular flexibility index (Phi) is 7.47. The van der Waals surface area contributed by atoms with Gasteiger partial charge in [-0.15, -0.1) is 10.2 Å². The van der Waals surface area contributed by atoms with Crippen molar-refractivity contribution in [3.8, 4) is 11.5 Å². The first-order valence-corrected chi connectivity index (χ1v) is 11.4. The molecule has 1 aliphatic rings. The van der Waals surface area contributed by atoms with Gasteiger partial charge in [-0.05, 0) is 67.1 Å². The largest absolute Gasteiger partial charge is 0.415 e. The van der Waals surface area contributed by atoms with E-state index in [0.717, 1.165) is 0 Å². The summed E-state index contributed by atoms with van der Waals surface area (Å²) in [6, 6.07) is 5.87. The molecule has 4 aromatic rings. The van der Waals surface area contributed by atoms with Gasteiger partial charge in [-0.3, -0.25) is 9.55 Å². The number of hydrogen-bond acceptors (Lipinski definition) is 6. The lowest BCUT2D eigenvalue weighted by Gasteiger charge is -2.20. The molecule has 1 aliphatic heterocycles. The van der Waals surface area contributed by atoms with E-state index in [1.807, 2.05) is 0 Å². The van der Waals surface area contributed by atoms with Gasteiger partial charge in [0, 0.05) is 12.3 Å². The Labute approximate surface area is 200 Å². The lowest BCUT2D eigenvalue weighted by Crippen LogP contribution is -2.24. The lowest BCUT2D eigenvalue weighted by atomic mass is 10.1. The summed E-state index contributed by atoms with van der Waals surface area (Å²) in [5.74, 6) is -1.35. The summed E-state index contributed by atoms with van der Waals surface area (Å²) in [5.41, 5.74) is 1.32. The van der Waals surface area contributed by atoms with Gasteiger partial charge in [0.15, 0.2) is 0 Å². The van der Waals surface area contributed by atoms with Gasteiger partial charge in [-0.1, -0.05) is 6.42 Å². The van der Waals surface area contributed by atoms with E-state index in [9.17, 15) is 18.0 Å². The summed E-state index contributed by atoms with van der Waals surface area (Å²) >= 11 is 3.07. The zero-order valence-electron chi connectivity index (χ0n) is 18.3. The van der Waals surface area contributed by atoms with Crippen LogP contribution in [0, 0.1) is 5.82 Å². The molecule has 3 aromatic heterocycles. The number of nitrogens with one attached hydrogen (secondary N) is 1. The Balaban J connectivity index is 0.000000336. The van der Waals surface area contributed by atoms with Gasteiger partial charge >= 0.3 is 12.1 Å². The third kappa shape index (κ3) is 5.55. The van der Waals surface area contributed by atoms with Crippen LogP contribution in [-0.4, -0.2) is 49.8 Å². The Hall–Kier alpha value is -2.99. The maximum absolute atomic E-state index is 13.8. The van der Waals surface area contributed by atoms with E-state index in [1.165, 1.54) is 55.2 Å². The number of fused-ring (bicyclic) bond motifs is 1. The second-order valence-corrected chi connectivity index (χ2v) is 8.80. The summed E-state index contributed by atoms with van der Waals surface area (Å²) in [6.07, 6.45) is 2.79. The van der Waals surface area contributed by atoms with Crippen molar-refractivity contribution in [2.45, 2.75) is 32.2 Å². The molecule has 1 aromatic carbocycles. The van der Waals surface area contributed by atoms with Crippen LogP contribution in [0.15, 0.2) is 44.1 Å². The number of nitrogens with zero attached hydrogens (tertiary/aromatic N) is 5. The molecule has 1 saturated heterocycles. The van der Waals surface area contributed by atoms with Crippen molar-refractivity contribution in [2.24, 2.45) is 0 Å². The van der Waals surface area contributed by atoms with Crippen LogP contribution in [0.3, 0.4) is 0 Å². The number of rotatable bonds is 4. The minimum atomic E-state index is -2.85. The van der Waals surface area contributed by atoms with Gasteiger partial charge in [0.05, 0.1) is 33.3 Å². The molecule has 8 nitrogen and oxygen atoms in total. The van der Waals surface area contributed by atoms with Gasteiger partial charge in [0.2, 0.25) is 5.89 Å². The van der Waals surface area contributed by atoms with Crippen LogP contribution in [0.2, 0.25) is 0 Å². The van der Waals surface area contributed by atoms with Gasteiger partial charge in [0.25, 0.3) is 5.89 Å². The minimum Gasteiger partial charge on any atom is -0.415 e. The number of H-pyrrole nitrogens is 1. The van der Waals surface area contributed by atoms with Crippen LogP contribution < -0.4 is 5.69 Å². The smallest absolute Gasteiger partial charge is 0.326 e. The topological polar surface area (TPSA) is 92.8 Å². The first kappa shape index (κ1) is 24.1. The molecule has 0 saturated carbocycles. The van der Waals surface area contributed by atoms with Gasteiger partial charge in [-0.25, -0.2) is 9.18 Å². The van der Waals surface area contributed by atoms with Crippen LogP contribution in [0.5, 0.6) is 0 Å². The number of piperidine rings is 1. The molecule has 1 N–H and O–H groups in total. The predicted octanol–water partition coefficient (Wildman–Crippen LogP) is 4.76. The fourth-order valence-electron chi connectivity index (χ4n) is 3.61. The van der Waals surface area contributed by atoms with E-state index in [2.05, 4.69) is 48.0 Å². The molecule has 12 heteroatoms. The van der Waals surface area contributed by atoms with Gasteiger partial charge < -0.3 is 14.3 Å². The minimum absolute atomic E-state index is 0.0828. The molecule has 180 valence electrons. The Morgan fingerprint density at radius 3 is 2.53 bits per heavy atom. The highest BCUT2D eigenvalue weighted by Gasteiger charge is 2.17. The number of imidazole rings is 1. The van der Waals surface area contributed by atoms with E-state index < -0.39 is 23.8 Å². The summed E-state index contributed by atoms with van der Waals surface area (Å²) in [7, 11) is 2.19. The van der Waals surface area contributed by atoms with Gasteiger partial charge in [0.1, 0.15) is 5.82 Å². The fraction of sp³-hybridized carbons (Fsp3) is 0.364. The molecule has 0 bridgehead atoms. The van der Waals surface area contributed by atoms with E-state index >= 15 is 0 Å². The average Bonchev–Trinajstić information content (AvgIpc) is 3.42. The van der Waals surface area contributed by atoms with Crippen molar-refractivity contribution in [1.82, 2.24) is 29.6 Å². The van der Waals surface area contributed by atoms with E-state index in [-0.39, 0.29) is 16.9 Å². The standard InChI is InChI=1S/C16H9BrF3N5O2.C6H13N/c17-9-3-11-12(4-10(9)18)25(16(26)22-11)6-8-2-1-7(5-21-8)14-23-24-15(27-14)13(19)20;1-7-5-3-2-4-6-7/h1-5,13H,6H2,(H,22,26);2-6H2,1H3. The van der Waals surface area contributed by atoms with Gasteiger partial charge in [-0.2, -0.15) is 8.78 Å². The first-order chi connectivity index (χ1) is 16.3. The molecular formula is C22H22BrF3N6O2. The SMILES string of the molecule is CN1CCCCC1.O=c1[nH]c2cc(Br)c(F)cc2n1Cc1ccc(-c2nnc(C(F)F)o2)cn1. The molecule has 0 spiro atoms. The third-order valence-corrected chi connectivity index (χ3v) is 6.02. The average molecular weight is 539 g/mol. The van der Waals surface area contributed by atoms with Crippen molar-refractivity contribution in [2.75, 3.05) is 20.1 Å². The van der Waals surface area contributed by atoms with Crippen molar-refractivity contribution >= 4 is 27.0 Å². The first-order valence-electron chi connectivity index (χ1n) is 10.6. The second kappa shape index (κ2) is 10.5. The summed E-state index contributed by atoms with van der Waals surface area (Å²) in [6.45, 7) is 2.73. The van der Waals surface area contributed by atoms with Crippen molar-refractivity contribution in [3.05, 3.63) is 62.8 Å². The summed E-state index contributed by atoms with van der Waals surface area (Å²) < 4.78 is 45.3. The molecule has 0 radical (unpaired) electrons. The quantitative estimate of drug-likeness (QED) is 0.402. The molecule has 0 atom stereocenters. The van der Waals surface area contributed by atoms with E-state index in [1.54, 1.807) is 12.1 Å². The van der Waals surface area contributed by atoms with E-state index in [4.69, 9.17) is 4.42 Å². The highest BCUT2D eigenvalue weighted by Crippen LogP contribution is 2.24. The molecule has 5 rings (SSSR count). The van der Waals surface area contributed by atoms with Crippen molar-refractivity contribution in [3.63, 3.8) is 0 Å². The highest BCUT2D eigenvalue weighted by atomic mass is 79.9. The fourth-order valence-corrected chi connectivity index (χ4v) is 3.95. The van der Waals surface area contributed by atoms with Crippen molar-refractivity contribution < 1.29 is 17.6 Å². The number of likely N-dealkylation sites (tertiary alicyclic amines) is 1. The Morgan fingerprint density at radius 1 is 1.18 bits per heavy atom. The summed E-state index contributed by atoms with van der Waals surface area (Å²) in [5, 5.41) is 6.80. The number of aromatic amines is 1. The molecule has 34 heavy (non-hydrogen) atoms. The number of halogens is 4. The highest BCUT2D eigenvalue weighted by molar-refractivity contribution is 9.10. The third-order valence-electron chi connectivity index (χ3n) is 5.41. The maximum Gasteiger partial charge on any atom is 0.326 e. The van der Waals surface area contributed by atoms with E-state index in [0.29, 0.717) is 22.3 Å². The Bertz CT molecular complexity index is 1310. The molecule has 0 aliphatic carbocycles. The van der Waals surface area contributed by atoms with Crippen LogP contribution in [0.1, 0.15) is 37.3 Å². The number of hydrogen-bond donors (Lipinski definition) is 1. The molecule has 4 heterocycles. The Morgan fingerprint density at radius 2 is 1.94 bits per heavy atom. The van der Waals surface area contributed by atoms with Crippen LogP contribution in [0.25, 0.3) is 22.5 Å². The normalized spacial score (nSPS) is 14.4. The molecule has 1 fully saturated rings. The van der Waals surface area contributed by atoms with Crippen LogP contribution >= 0.6 is 15.9 Å². The lowest BCUT2D eigenvalue weighted by molar-refractivity contribution is 0.116. The molecule has 0 amide bonds. The maximum atomic E-state index is 13.8. The van der Waals surface area contributed by atoms with Crippen LogP contribution in [-0.2, 0) is 6.54 Å². The summed E-state index contributed by atoms with van der Waals surface area (Å²) in [4.78, 5) is 21.4. The predicted molar refractivity (Wildman–Crippen MR) is 123 cm³/mol. The monoisotopic (exact) mass is 538 g/mol. The second-order valence-electron chi connectivity index (χ2n) is 7.95. The number of alkyl halides is 2. The zero-order chi connectivity index (χ0) is 24.2. The number of aromatic nitrogens is 5. The zero-order valence-corrected chi connectivity index (χ0v) is 19.9.